The number of hydrogen-bond donors (Lipinski definition) is 2. The van der Waals surface area contributed by atoms with Crippen LogP contribution in [0.1, 0.15) is 17.5 Å². The largest absolute Gasteiger partial charge is 0.379 e. The number of carbonyl (C=O) groups excluding carboxylic acids is 1. The van der Waals surface area contributed by atoms with E-state index in [1.54, 1.807) is 0 Å². The predicted molar refractivity (Wildman–Crippen MR) is 87.8 cm³/mol. The lowest BCUT2D eigenvalue weighted by atomic mass is 10.1. The SMILES string of the molecule is Cc1ccc(CNC(=O)CCNCCN2CCOCC2)cc1. The van der Waals surface area contributed by atoms with Crippen LogP contribution in [0.2, 0.25) is 0 Å². The van der Waals surface area contributed by atoms with Crippen LogP contribution in [0, 0.1) is 6.92 Å². The van der Waals surface area contributed by atoms with Crippen LogP contribution in [-0.2, 0) is 16.1 Å². The van der Waals surface area contributed by atoms with E-state index < -0.39 is 0 Å². The summed E-state index contributed by atoms with van der Waals surface area (Å²) in [5.41, 5.74) is 2.37. The molecule has 0 spiro atoms. The summed E-state index contributed by atoms with van der Waals surface area (Å²) < 4.78 is 5.31. The Bertz CT molecular complexity index is 442. The molecule has 0 atom stereocenters. The number of amides is 1. The van der Waals surface area contributed by atoms with Crippen molar-refractivity contribution in [3.8, 4) is 0 Å². The molecule has 1 aliphatic rings. The smallest absolute Gasteiger partial charge is 0.221 e. The monoisotopic (exact) mass is 305 g/mol. The molecule has 0 radical (unpaired) electrons. The molecule has 22 heavy (non-hydrogen) atoms. The molecule has 1 heterocycles. The molecular formula is C17H27N3O2. The molecule has 1 aliphatic heterocycles. The van der Waals surface area contributed by atoms with Gasteiger partial charge in [0.15, 0.2) is 0 Å². The van der Waals surface area contributed by atoms with Crippen LogP contribution in [0.5, 0.6) is 0 Å². The van der Waals surface area contributed by atoms with Gasteiger partial charge in [0.1, 0.15) is 0 Å². The highest BCUT2D eigenvalue weighted by molar-refractivity contribution is 5.76. The zero-order chi connectivity index (χ0) is 15.6. The van der Waals surface area contributed by atoms with Crippen molar-refractivity contribution >= 4 is 5.91 Å². The highest BCUT2D eigenvalue weighted by Crippen LogP contribution is 2.02. The molecule has 1 amide bonds. The van der Waals surface area contributed by atoms with Gasteiger partial charge in [0.25, 0.3) is 0 Å². The molecule has 5 nitrogen and oxygen atoms in total. The molecule has 5 heteroatoms. The van der Waals surface area contributed by atoms with Gasteiger partial charge in [-0.3, -0.25) is 9.69 Å². The third-order valence-corrected chi connectivity index (χ3v) is 3.85. The zero-order valence-corrected chi connectivity index (χ0v) is 13.4. The first kappa shape index (κ1) is 16.9. The fourth-order valence-electron chi connectivity index (χ4n) is 2.38. The van der Waals surface area contributed by atoms with E-state index in [9.17, 15) is 4.79 Å². The van der Waals surface area contributed by atoms with Gasteiger partial charge >= 0.3 is 0 Å². The number of hydrogen-bond acceptors (Lipinski definition) is 4. The predicted octanol–water partition coefficient (Wildman–Crippen LogP) is 0.923. The van der Waals surface area contributed by atoms with Crippen LogP contribution >= 0.6 is 0 Å². The standard InChI is InChI=1S/C17H27N3O2/c1-15-2-4-16(5-3-15)14-19-17(21)6-7-18-8-9-20-10-12-22-13-11-20/h2-5,18H,6-14H2,1H3,(H,19,21). The van der Waals surface area contributed by atoms with Crippen LogP contribution < -0.4 is 10.6 Å². The van der Waals surface area contributed by atoms with Crippen molar-refractivity contribution < 1.29 is 9.53 Å². The molecule has 1 saturated heterocycles. The van der Waals surface area contributed by atoms with Crippen molar-refractivity contribution in [2.45, 2.75) is 19.9 Å². The minimum Gasteiger partial charge on any atom is -0.379 e. The van der Waals surface area contributed by atoms with Gasteiger partial charge < -0.3 is 15.4 Å². The van der Waals surface area contributed by atoms with Gasteiger partial charge in [0.2, 0.25) is 5.91 Å². The van der Waals surface area contributed by atoms with E-state index in [1.807, 2.05) is 0 Å². The molecule has 2 rings (SSSR count). The number of carbonyl (C=O) groups is 1. The molecule has 122 valence electrons. The average Bonchev–Trinajstić information content (AvgIpc) is 2.55. The number of nitrogens with zero attached hydrogens (tertiary/aromatic N) is 1. The van der Waals surface area contributed by atoms with Crippen molar-refractivity contribution in [3.05, 3.63) is 35.4 Å². The summed E-state index contributed by atoms with van der Waals surface area (Å²) in [6.07, 6.45) is 0.523. The van der Waals surface area contributed by atoms with Gasteiger partial charge in [-0.25, -0.2) is 0 Å². The van der Waals surface area contributed by atoms with Crippen LogP contribution in [0.15, 0.2) is 24.3 Å². The van der Waals surface area contributed by atoms with E-state index in [0.29, 0.717) is 13.0 Å². The summed E-state index contributed by atoms with van der Waals surface area (Å²) in [5.74, 6) is 0.0967. The second kappa shape index (κ2) is 9.56. The van der Waals surface area contributed by atoms with E-state index >= 15 is 0 Å². The normalized spacial score (nSPS) is 15.7. The number of morpholine rings is 1. The van der Waals surface area contributed by atoms with E-state index in [0.717, 1.165) is 51.5 Å². The number of rotatable bonds is 8. The highest BCUT2D eigenvalue weighted by Gasteiger charge is 2.09. The summed E-state index contributed by atoms with van der Waals surface area (Å²) in [6.45, 7) is 9.03. The van der Waals surface area contributed by atoms with Crippen molar-refractivity contribution in [2.75, 3.05) is 45.9 Å². The van der Waals surface area contributed by atoms with Gasteiger partial charge in [-0.05, 0) is 12.5 Å². The van der Waals surface area contributed by atoms with Crippen molar-refractivity contribution in [1.29, 1.82) is 0 Å². The minimum atomic E-state index is 0.0967. The highest BCUT2D eigenvalue weighted by atomic mass is 16.5. The second-order valence-electron chi connectivity index (χ2n) is 5.72. The summed E-state index contributed by atoms with van der Waals surface area (Å²) in [5, 5.41) is 6.28. The van der Waals surface area contributed by atoms with Gasteiger partial charge in [-0.2, -0.15) is 0 Å². The Labute approximate surface area is 133 Å². The van der Waals surface area contributed by atoms with E-state index in [1.165, 1.54) is 5.56 Å². The number of ether oxygens (including phenoxy) is 1. The Kier molecular flexibility index (Phi) is 7.36. The summed E-state index contributed by atoms with van der Waals surface area (Å²) >= 11 is 0. The average molecular weight is 305 g/mol. The van der Waals surface area contributed by atoms with Gasteiger partial charge in [-0.1, -0.05) is 29.8 Å². The Morgan fingerprint density at radius 3 is 2.64 bits per heavy atom. The second-order valence-corrected chi connectivity index (χ2v) is 5.72. The molecule has 1 aromatic carbocycles. The summed E-state index contributed by atoms with van der Waals surface area (Å²) in [6, 6.07) is 8.23. The third kappa shape index (κ3) is 6.56. The molecule has 0 unspecified atom stereocenters. The van der Waals surface area contributed by atoms with Crippen LogP contribution in [0.3, 0.4) is 0 Å². The maximum atomic E-state index is 11.8. The Hall–Kier alpha value is -1.43. The lowest BCUT2D eigenvalue weighted by Crippen LogP contribution is -2.40. The molecule has 1 aromatic rings. The maximum Gasteiger partial charge on any atom is 0.221 e. The van der Waals surface area contributed by atoms with Crippen molar-refractivity contribution in [2.24, 2.45) is 0 Å². The van der Waals surface area contributed by atoms with Crippen molar-refractivity contribution in [1.82, 2.24) is 15.5 Å². The number of nitrogens with one attached hydrogen (secondary N) is 2. The third-order valence-electron chi connectivity index (χ3n) is 3.85. The van der Waals surface area contributed by atoms with Crippen molar-refractivity contribution in [3.63, 3.8) is 0 Å². The van der Waals surface area contributed by atoms with E-state index in [2.05, 4.69) is 46.7 Å². The zero-order valence-electron chi connectivity index (χ0n) is 13.4. The van der Waals surface area contributed by atoms with Crippen LogP contribution in [0.25, 0.3) is 0 Å². The first-order valence-corrected chi connectivity index (χ1v) is 8.07. The van der Waals surface area contributed by atoms with Gasteiger partial charge in [0, 0.05) is 45.7 Å². The van der Waals surface area contributed by atoms with Crippen LogP contribution in [0.4, 0.5) is 0 Å². The summed E-state index contributed by atoms with van der Waals surface area (Å²) in [7, 11) is 0. The first-order chi connectivity index (χ1) is 10.7. The number of benzene rings is 1. The van der Waals surface area contributed by atoms with Crippen LogP contribution in [-0.4, -0.2) is 56.7 Å². The van der Waals surface area contributed by atoms with E-state index in [4.69, 9.17) is 4.74 Å². The Balaban J connectivity index is 1.49. The maximum absolute atomic E-state index is 11.8. The summed E-state index contributed by atoms with van der Waals surface area (Å²) in [4.78, 5) is 14.2. The van der Waals surface area contributed by atoms with Gasteiger partial charge in [-0.15, -0.1) is 0 Å². The Morgan fingerprint density at radius 1 is 1.18 bits per heavy atom. The quantitative estimate of drug-likeness (QED) is 0.702. The van der Waals surface area contributed by atoms with Gasteiger partial charge in [0.05, 0.1) is 13.2 Å². The molecule has 2 N–H and O–H groups in total. The first-order valence-electron chi connectivity index (χ1n) is 8.07. The minimum absolute atomic E-state index is 0.0967. The Morgan fingerprint density at radius 2 is 1.91 bits per heavy atom. The molecular weight excluding hydrogens is 278 g/mol. The topological polar surface area (TPSA) is 53.6 Å². The lowest BCUT2D eigenvalue weighted by Gasteiger charge is -2.26. The fourth-order valence-corrected chi connectivity index (χ4v) is 2.38. The molecule has 0 saturated carbocycles. The lowest BCUT2D eigenvalue weighted by molar-refractivity contribution is -0.121. The molecule has 1 fully saturated rings. The van der Waals surface area contributed by atoms with E-state index in [-0.39, 0.29) is 5.91 Å². The molecule has 0 bridgehead atoms. The fraction of sp³-hybridized carbons (Fsp3) is 0.588. The molecule has 0 aromatic heterocycles. The number of aryl methyl sites for hydroxylation is 1. The molecule has 0 aliphatic carbocycles.